The quantitative estimate of drug-likeness (QED) is 0.173. The normalized spacial score (nSPS) is 21.5. The third-order valence-electron chi connectivity index (χ3n) is 3.02. The Bertz CT molecular complexity index is 237. The molecule has 0 aliphatic carbocycles. The number of aliphatic hydroxyl groups excluding tert-OH is 12. The average molecular weight is 364 g/mol. The maximum absolute atomic E-state index is 8.96. The Hall–Kier alpha value is -0.480. The predicted molar refractivity (Wildman–Crippen MR) is 76.4 cm³/mol. The van der Waals surface area contributed by atoms with Crippen molar-refractivity contribution in [1.29, 1.82) is 0 Å². The summed E-state index contributed by atoms with van der Waals surface area (Å²) in [4.78, 5) is 0. The number of aliphatic hydroxyl groups is 12. The van der Waals surface area contributed by atoms with Crippen molar-refractivity contribution in [3.05, 3.63) is 0 Å². The van der Waals surface area contributed by atoms with Crippen LogP contribution >= 0.6 is 0 Å². The third kappa shape index (κ3) is 9.12. The van der Waals surface area contributed by atoms with Crippen LogP contribution in [0, 0.1) is 0 Å². The van der Waals surface area contributed by atoms with Crippen LogP contribution in [0.15, 0.2) is 0 Å². The highest BCUT2D eigenvalue weighted by molar-refractivity contribution is 4.80. The van der Waals surface area contributed by atoms with Crippen LogP contribution < -0.4 is 0 Å². The number of hydrogen-bond acceptors (Lipinski definition) is 12. The summed E-state index contributed by atoms with van der Waals surface area (Å²) in [7, 11) is 0. The topological polar surface area (TPSA) is 243 Å². The van der Waals surface area contributed by atoms with Gasteiger partial charge in [-0.1, -0.05) is 0 Å². The van der Waals surface area contributed by atoms with Gasteiger partial charge in [0.15, 0.2) is 0 Å². The minimum Gasteiger partial charge on any atom is -0.394 e. The van der Waals surface area contributed by atoms with Crippen LogP contribution in [0.5, 0.6) is 0 Å². The molecule has 0 aromatic heterocycles. The van der Waals surface area contributed by atoms with Gasteiger partial charge < -0.3 is 61.3 Å². The maximum atomic E-state index is 8.96. The Morgan fingerprint density at radius 2 is 0.458 bits per heavy atom. The van der Waals surface area contributed by atoms with Crippen LogP contribution in [0.4, 0.5) is 0 Å². The molecule has 0 heterocycles. The van der Waals surface area contributed by atoms with E-state index in [1.807, 2.05) is 0 Å². The lowest BCUT2D eigenvalue weighted by atomic mass is 10.0. The molecule has 12 heteroatoms. The monoisotopic (exact) mass is 364 g/mol. The largest absolute Gasteiger partial charge is 0.394 e. The molecule has 0 amide bonds. The molecule has 24 heavy (non-hydrogen) atoms. The predicted octanol–water partition coefficient (Wildman–Crippen LogP) is -7.17. The number of hydrogen-bond donors (Lipinski definition) is 12. The van der Waals surface area contributed by atoms with E-state index < -0.39 is 75.3 Å². The zero-order valence-corrected chi connectivity index (χ0v) is 12.8. The van der Waals surface area contributed by atoms with Crippen molar-refractivity contribution < 1.29 is 61.3 Å². The summed E-state index contributed by atoms with van der Waals surface area (Å²) in [6.07, 6.45) is -12.8. The smallest absolute Gasteiger partial charge is 0.111 e. The Morgan fingerprint density at radius 1 is 0.333 bits per heavy atom. The molecule has 0 aliphatic heterocycles. The fraction of sp³-hybridized carbons (Fsp3) is 1.00. The molecule has 8 atom stereocenters. The molecule has 0 saturated carbocycles. The highest BCUT2D eigenvalue weighted by Gasteiger charge is 2.30. The van der Waals surface area contributed by atoms with E-state index >= 15 is 0 Å². The molecule has 0 aliphatic rings. The van der Waals surface area contributed by atoms with Crippen LogP contribution in [0.3, 0.4) is 0 Å². The van der Waals surface area contributed by atoms with Crippen LogP contribution in [0.25, 0.3) is 0 Å². The van der Waals surface area contributed by atoms with Gasteiger partial charge in [-0.05, 0) is 0 Å². The van der Waals surface area contributed by atoms with E-state index in [2.05, 4.69) is 0 Å². The van der Waals surface area contributed by atoms with Gasteiger partial charge in [-0.2, -0.15) is 0 Å². The van der Waals surface area contributed by atoms with E-state index in [-0.39, 0.29) is 0 Å². The minimum atomic E-state index is -1.67. The molecule has 0 fully saturated rings. The molecular formula is C12H28O12. The van der Waals surface area contributed by atoms with E-state index in [1.54, 1.807) is 0 Å². The summed E-state index contributed by atoms with van der Waals surface area (Å²) in [6, 6.07) is 0. The van der Waals surface area contributed by atoms with E-state index in [1.165, 1.54) is 0 Å². The van der Waals surface area contributed by atoms with E-state index in [0.29, 0.717) is 0 Å². The van der Waals surface area contributed by atoms with Crippen molar-refractivity contribution >= 4 is 0 Å². The van der Waals surface area contributed by atoms with Gasteiger partial charge in [0.05, 0.1) is 26.4 Å². The summed E-state index contributed by atoms with van der Waals surface area (Å²) >= 11 is 0. The zero-order valence-electron chi connectivity index (χ0n) is 12.8. The van der Waals surface area contributed by atoms with Gasteiger partial charge in [0, 0.05) is 0 Å². The van der Waals surface area contributed by atoms with Crippen molar-refractivity contribution in [2.24, 2.45) is 0 Å². The fourth-order valence-corrected chi connectivity index (χ4v) is 1.34. The molecule has 12 N–H and O–H groups in total. The lowest BCUT2D eigenvalue weighted by Crippen LogP contribution is -2.46. The molecular weight excluding hydrogens is 336 g/mol. The van der Waals surface area contributed by atoms with Crippen LogP contribution in [-0.4, -0.2) is 137 Å². The van der Waals surface area contributed by atoms with Gasteiger partial charge >= 0.3 is 0 Å². The van der Waals surface area contributed by atoms with Crippen molar-refractivity contribution in [3.63, 3.8) is 0 Å². The second-order valence-corrected chi connectivity index (χ2v) is 4.96. The van der Waals surface area contributed by atoms with Gasteiger partial charge in [-0.3, -0.25) is 0 Å². The Kier molecular flexibility index (Phi) is 14.8. The third-order valence-corrected chi connectivity index (χ3v) is 3.02. The molecule has 0 bridgehead atoms. The summed E-state index contributed by atoms with van der Waals surface area (Å²) in [5, 5.41) is 104. The lowest BCUT2D eigenvalue weighted by molar-refractivity contribution is -0.123. The Labute approximate surface area is 137 Å². The SMILES string of the molecule is OC[C@@H](O)[C@@H](O)[C@H](O)[C@H](O)CO.OC[C@@H](O)[C@H](O)[C@@H](O)[C@H](O)CO. The molecule has 0 radical (unpaired) electrons. The second-order valence-electron chi connectivity index (χ2n) is 4.96. The first-order valence-corrected chi connectivity index (χ1v) is 6.96. The molecule has 0 aromatic rings. The maximum Gasteiger partial charge on any atom is 0.111 e. The second kappa shape index (κ2) is 13.8. The van der Waals surface area contributed by atoms with Gasteiger partial charge in [-0.15, -0.1) is 0 Å². The van der Waals surface area contributed by atoms with Gasteiger partial charge in [-0.25, -0.2) is 0 Å². The molecule has 12 nitrogen and oxygen atoms in total. The first-order chi connectivity index (χ1) is 11.1. The van der Waals surface area contributed by atoms with E-state index in [9.17, 15) is 0 Å². The highest BCUT2D eigenvalue weighted by atomic mass is 16.4. The Balaban J connectivity index is 0. The van der Waals surface area contributed by atoms with Crippen molar-refractivity contribution in [2.75, 3.05) is 26.4 Å². The minimum absolute atomic E-state index is 0.726. The molecule has 0 unspecified atom stereocenters. The van der Waals surface area contributed by atoms with Crippen LogP contribution in [-0.2, 0) is 0 Å². The first-order valence-electron chi connectivity index (χ1n) is 6.96. The molecule has 0 rings (SSSR count). The molecule has 0 saturated heterocycles. The first kappa shape index (κ1) is 25.8. The summed E-state index contributed by atoms with van der Waals surface area (Å²) in [6.45, 7) is -2.90. The summed E-state index contributed by atoms with van der Waals surface area (Å²) < 4.78 is 0. The van der Waals surface area contributed by atoms with Gasteiger partial charge in [0.1, 0.15) is 48.8 Å². The van der Waals surface area contributed by atoms with Crippen molar-refractivity contribution in [2.45, 2.75) is 48.8 Å². The van der Waals surface area contributed by atoms with Gasteiger partial charge in [0.2, 0.25) is 0 Å². The van der Waals surface area contributed by atoms with Crippen molar-refractivity contribution in [1.82, 2.24) is 0 Å². The standard InChI is InChI=1S/2C6H14O6/c2*7-1-3(9)5(11)6(12)4(10)2-8/h2*3-12H,1-2H2/t3-,4-,5+,6+;3-,4-,5-,6-/m11/s1. The van der Waals surface area contributed by atoms with Crippen LogP contribution in [0.1, 0.15) is 0 Å². The summed E-state index contributed by atoms with van der Waals surface area (Å²) in [5.74, 6) is 0. The van der Waals surface area contributed by atoms with E-state index in [0.717, 1.165) is 0 Å². The van der Waals surface area contributed by atoms with Crippen molar-refractivity contribution in [3.8, 4) is 0 Å². The molecule has 0 aromatic carbocycles. The van der Waals surface area contributed by atoms with Crippen LogP contribution in [0.2, 0.25) is 0 Å². The highest BCUT2D eigenvalue weighted by Crippen LogP contribution is 2.04. The van der Waals surface area contributed by atoms with Gasteiger partial charge in [0.25, 0.3) is 0 Å². The summed E-state index contributed by atoms with van der Waals surface area (Å²) in [5.41, 5.74) is 0. The fourth-order valence-electron chi connectivity index (χ4n) is 1.34. The zero-order chi connectivity index (χ0) is 19.4. The van der Waals surface area contributed by atoms with E-state index in [4.69, 9.17) is 61.3 Å². The molecule has 148 valence electrons. The Morgan fingerprint density at radius 3 is 0.542 bits per heavy atom. The molecule has 0 spiro atoms. The number of rotatable bonds is 10. The average Bonchev–Trinajstić information content (AvgIpc) is 2.62. The lowest BCUT2D eigenvalue weighted by Gasteiger charge is -2.24.